The van der Waals surface area contributed by atoms with Gasteiger partial charge in [-0.2, -0.15) is 0 Å². The Morgan fingerprint density at radius 1 is 1.10 bits per heavy atom. The van der Waals surface area contributed by atoms with Crippen LogP contribution in [0.5, 0.6) is 0 Å². The van der Waals surface area contributed by atoms with Crippen molar-refractivity contribution in [2.24, 2.45) is 0 Å². The number of aliphatic hydroxyl groups is 2. The smallest absolute Gasteiger partial charge is 0.172 e. The van der Waals surface area contributed by atoms with Gasteiger partial charge in [0.25, 0.3) is 0 Å². The molecule has 0 bridgehead atoms. The maximum Gasteiger partial charge on any atom is 0.172 e. The van der Waals surface area contributed by atoms with E-state index in [0.717, 1.165) is 18.7 Å². The molecule has 0 aromatic heterocycles. The van der Waals surface area contributed by atoms with Crippen molar-refractivity contribution in [3.8, 4) is 0 Å². The van der Waals surface area contributed by atoms with Gasteiger partial charge in [0, 0.05) is 12.1 Å². The number of ether oxygens (including phenoxy) is 1. The summed E-state index contributed by atoms with van der Waals surface area (Å²) in [6.07, 6.45) is 0. The number of hydrogen-bond acceptors (Lipinski definition) is 4. The topological polar surface area (TPSA) is 52.9 Å². The molecule has 1 aliphatic heterocycles. The van der Waals surface area contributed by atoms with Crippen LogP contribution < -0.4 is 0 Å². The Hall–Kier alpha value is -1.94. The van der Waals surface area contributed by atoms with Crippen LogP contribution in [0.25, 0.3) is 5.76 Å². The first-order valence-corrected chi connectivity index (χ1v) is 6.92. The van der Waals surface area contributed by atoms with Crippen molar-refractivity contribution >= 4 is 5.76 Å². The molecule has 0 radical (unpaired) electrons. The van der Waals surface area contributed by atoms with E-state index < -0.39 is 0 Å². The normalized spacial score (nSPS) is 15.8. The fraction of sp³-hybridized carbons (Fsp3) is 0.375. The second-order valence-corrected chi connectivity index (χ2v) is 4.72. The van der Waals surface area contributed by atoms with E-state index in [4.69, 9.17) is 4.74 Å². The Balaban J connectivity index is 2.43. The van der Waals surface area contributed by atoms with E-state index >= 15 is 0 Å². The van der Waals surface area contributed by atoms with Crippen molar-refractivity contribution in [2.45, 2.75) is 13.8 Å². The third kappa shape index (κ3) is 2.96. The summed E-state index contributed by atoms with van der Waals surface area (Å²) in [6, 6.07) is 9.66. The monoisotopic (exact) mass is 275 g/mol. The van der Waals surface area contributed by atoms with E-state index in [1.165, 1.54) is 0 Å². The van der Waals surface area contributed by atoms with Crippen LogP contribution in [-0.4, -0.2) is 41.4 Å². The van der Waals surface area contributed by atoms with Crippen molar-refractivity contribution < 1.29 is 14.9 Å². The largest absolute Gasteiger partial charge is 0.506 e. The molecule has 4 heteroatoms. The Morgan fingerprint density at radius 2 is 1.75 bits per heavy atom. The van der Waals surface area contributed by atoms with Crippen LogP contribution in [0.15, 0.2) is 47.4 Å². The number of benzene rings is 1. The van der Waals surface area contributed by atoms with Gasteiger partial charge >= 0.3 is 0 Å². The molecule has 0 aliphatic carbocycles. The zero-order valence-corrected chi connectivity index (χ0v) is 12.0. The second-order valence-electron chi connectivity index (χ2n) is 4.72. The van der Waals surface area contributed by atoms with Crippen LogP contribution in [0.3, 0.4) is 0 Å². The van der Waals surface area contributed by atoms with Gasteiger partial charge < -0.3 is 14.9 Å². The molecule has 0 unspecified atom stereocenters. The van der Waals surface area contributed by atoms with Gasteiger partial charge in [-0.25, -0.2) is 0 Å². The molecule has 1 heterocycles. The van der Waals surface area contributed by atoms with E-state index in [-0.39, 0.29) is 18.1 Å². The van der Waals surface area contributed by atoms with E-state index in [2.05, 4.69) is 18.7 Å². The second kappa shape index (κ2) is 6.48. The summed E-state index contributed by atoms with van der Waals surface area (Å²) in [7, 11) is 0. The molecule has 20 heavy (non-hydrogen) atoms. The number of rotatable bonds is 5. The number of aliphatic hydroxyl groups excluding tert-OH is 2. The SMILES string of the molecule is CCN(CC)CC1=C(c2ccccc2)OCC(O)=C1O. The molecule has 2 N–H and O–H groups in total. The summed E-state index contributed by atoms with van der Waals surface area (Å²) in [6.45, 7) is 6.43. The number of hydrogen-bond donors (Lipinski definition) is 2. The molecule has 0 fully saturated rings. The van der Waals surface area contributed by atoms with Gasteiger partial charge in [-0.3, -0.25) is 4.90 Å². The first kappa shape index (κ1) is 14.5. The molecular weight excluding hydrogens is 254 g/mol. The zero-order valence-electron chi connectivity index (χ0n) is 12.0. The highest BCUT2D eigenvalue weighted by Gasteiger charge is 2.24. The van der Waals surface area contributed by atoms with Gasteiger partial charge in [-0.15, -0.1) is 0 Å². The van der Waals surface area contributed by atoms with E-state index in [9.17, 15) is 10.2 Å². The lowest BCUT2D eigenvalue weighted by molar-refractivity contribution is 0.200. The highest BCUT2D eigenvalue weighted by atomic mass is 16.5. The first-order chi connectivity index (χ1) is 9.67. The molecule has 1 aromatic rings. The maximum absolute atomic E-state index is 10.2. The lowest BCUT2D eigenvalue weighted by atomic mass is 10.0. The average Bonchev–Trinajstić information content (AvgIpc) is 2.49. The summed E-state index contributed by atoms with van der Waals surface area (Å²) in [5.41, 5.74) is 1.55. The minimum atomic E-state index is -0.105. The number of nitrogens with zero attached hydrogens (tertiary/aromatic N) is 1. The fourth-order valence-electron chi connectivity index (χ4n) is 2.24. The van der Waals surface area contributed by atoms with Crippen LogP contribution in [0.2, 0.25) is 0 Å². The zero-order chi connectivity index (χ0) is 14.5. The molecule has 0 saturated heterocycles. The molecule has 108 valence electrons. The van der Waals surface area contributed by atoms with Crippen LogP contribution in [-0.2, 0) is 4.74 Å². The molecule has 1 aromatic carbocycles. The molecular formula is C16H21NO3. The van der Waals surface area contributed by atoms with Crippen molar-refractivity contribution in [1.82, 2.24) is 4.90 Å². The molecule has 0 spiro atoms. The van der Waals surface area contributed by atoms with Crippen molar-refractivity contribution in [3.05, 3.63) is 53.0 Å². The molecule has 0 saturated carbocycles. The lowest BCUT2D eigenvalue weighted by Crippen LogP contribution is -2.28. The van der Waals surface area contributed by atoms with E-state index in [1.807, 2.05) is 30.3 Å². The van der Waals surface area contributed by atoms with E-state index in [1.54, 1.807) is 0 Å². The molecule has 2 rings (SSSR count). The quantitative estimate of drug-likeness (QED) is 0.867. The standard InChI is InChI=1S/C16H21NO3/c1-3-17(4-2)10-13-15(19)14(18)11-20-16(13)12-8-6-5-7-9-12/h5-9,18-19H,3-4,10-11H2,1-2H3. The highest BCUT2D eigenvalue weighted by Crippen LogP contribution is 2.30. The lowest BCUT2D eigenvalue weighted by Gasteiger charge is -2.26. The summed E-state index contributed by atoms with van der Waals surface area (Å²) >= 11 is 0. The third-order valence-corrected chi connectivity index (χ3v) is 3.50. The Bertz CT molecular complexity index is 516. The first-order valence-electron chi connectivity index (χ1n) is 6.92. The molecule has 0 amide bonds. The van der Waals surface area contributed by atoms with Crippen molar-refractivity contribution in [2.75, 3.05) is 26.2 Å². The van der Waals surface area contributed by atoms with Gasteiger partial charge in [0.05, 0.1) is 5.57 Å². The van der Waals surface area contributed by atoms with Crippen molar-refractivity contribution in [1.29, 1.82) is 0 Å². The van der Waals surface area contributed by atoms with Crippen LogP contribution in [0, 0.1) is 0 Å². The van der Waals surface area contributed by atoms with Crippen LogP contribution >= 0.6 is 0 Å². The van der Waals surface area contributed by atoms with Gasteiger partial charge in [-0.1, -0.05) is 44.2 Å². The third-order valence-electron chi connectivity index (χ3n) is 3.50. The van der Waals surface area contributed by atoms with Gasteiger partial charge in [-0.05, 0) is 13.1 Å². The van der Waals surface area contributed by atoms with Crippen LogP contribution in [0.4, 0.5) is 0 Å². The predicted molar refractivity (Wildman–Crippen MR) is 79.4 cm³/mol. The summed E-state index contributed by atoms with van der Waals surface area (Å²) in [4.78, 5) is 2.16. The Labute approximate surface area is 119 Å². The van der Waals surface area contributed by atoms with Crippen LogP contribution in [0.1, 0.15) is 19.4 Å². The summed E-state index contributed by atoms with van der Waals surface area (Å²) < 4.78 is 5.63. The molecule has 0 atom stereocenters. The fourth-order valence-corrected chi connectivity index (χ4v) is 2.24. The summed E-state index contributed by atoms with van der Waals surface area (Å²) in [5.74, 6) is 0.488. The summed E-state index contributed by atoms with van der Waals surface area (Å²) in [5, 5.41) is 19.9. The Kier molecular flexibility index (Phi) is 4.69. The Morgan fingerprint density at radius 3 is 2.35 bits per heavy atom. The average molecular weight is 275 g/mol. The van der Waals surface area contributed by atoms with Crippen molar-refractivity contribution in [3.63, 3.8) is 0 Å². The number of likely N-dealkylation sites (N-methyl/N-ethyl adjacent to an activating group) is 1. The molecule has 1 aliphatic rings. The minimum Gasteiger partial charge on any atom is -0.506 e. The van der Waals surface area contributed by atoms with Gasteiger partial charge in [0.1, 0.15) is 12.4 Å². The van der Waals surface area contributed by atoms with Gasteiger partial charge in [0.2, 0.25) is 0 Å². The predicted octanol–water partition coefficient (Wildman–Crippen LogP) is 3.10. The minimum absolute atomic E-state index is 0.0117. The van der Waals surface area contributed by atoms with E-state index in [0.29, 0.717) is 17.9 Å². The molecule has 4 nitrogen and oxygen atoms in total. The van der Waals surface area contributed by atoms with Gasteiger partial charge in [0.15, 0.2) is 11.5 Å². The highest BCUT2D eigenvalue weighted by molar-refractivity contribution is 5.68. The maximum atomic E-state index is 10.2.